The molecule has 2 heterocycles. The third-order valence-electron chi connectivity index (χ3n) is 4.60. The first-order valence-corrected chi connectivity index (χ1v) is 9.94. The molecule has 0 aliphatic rings. The van der Waals surface area contributed by atoms with E-state index in [4.69, 9.17) is 21.3 Å². The summed E-state index contributed by atoms with van der Waals surface area (Å²) in [4.78, 5) is 11.1. The molecule has 0 N–H and O–H groups in total. The molecule has 0 aliphatic carbocycles. The maximum atomic E-state index is 6.08. The SMILES string of the molecule is CCOCn1nnc(-c2ccnc(N(C)c3ccccc3)n2)c1-c1ccc(Cl)cc1. The molecule has 0 saturated carbocycles. The third-order valence-corrected chi connectivity index (χ3v) is 4.85. The highest BCUT2D eigenvalue weighted by molar-refractivity contribution is 6.30. The number of para-hydroxylation sites is 1. The standard InChI is InChI=1S/C22H21ClN6O/c1-3-30-15-29-21(16-9-11-17(23)12-10-16)20(26-27-29)19-13-14-24-22(25-19)28(2)18-7-5-4-6-8-18/h4-14H,3,15H2,1-2H3. The Bertz CT molecular complexity index is 1110. The smallest absolute Gasteiger partial charge is 0.230 e. The number of aromatic nitrogens is 5. The molecule has 0 saturated heterocycles. The van der Waals surface area contributed by atoms with Gasteiger partial charge in [-0.3, -0.25) is 0 Å². The molecule has 0 atom stereocenters. The van der Waals surface area contributed by atoms with E-state index in [9.17, 15) is 0 Å². The molecule has 0 fully saturated rings. The van der Waals surface area contributed by atoms with Gasteiger partial charge in [-0.25, -0.2) is 14.6 Å². The van der Waals surface area contributed by atoms with Crippen LogP contribution in [0.25, 0.3) is 22.6 Å². The van der Waals surface area contributed by atoms with E-state index < -0.39 is 0 Å². The Morgan fingerprint density at radius 3 is 2.53 bits per heavy atom. The largest absolute Gasteiger partial charge is 0.359 e. The van der Waals surface area contributed by atoms with Gasteiger partial charge in [0.15, 0.2) is 0 Å². The van der Waals surface area contributed by atoms with Crippen LogP contribution in [0.2, 0.25) is 5.02 Å². The number of anilines is 2. The van der Waals surface area contributed by atoms with Crippen LogP contribution < -0.4 is 4.90 Å². The predicted molar refractivity (Wildman–Crippen MR) is 118 cm³/mol. The van der Waals surface area contributed by atoms with Crippen LogP contribution in [-0.2, 0) is 11.5 Å². The summed E-state index contributed by atoms with van der Waals surface area (Å²) >= 11 is 6.08. The number of nitrogens with zero attached hydrogens (tertiary/aromatic N) is 6. The lowest BCUT2D eigenvalue weighted by atomic mass is 10.1. The second-order valence-corrected chi connectivity index (χ2v) is 6.99. The van der Waals surface area contributed by atoms with Gasteiger partial charge in [-0.2, -0.15) is 0 Å². The summed E-state index contributed by atoms with van der Waals surface area (Å²) in [6, 6.07) is 19.3. The van der Waals surface area contributed by atoms with Crippen molar-refractivity contribution in [1.29, 1.82) is 0 Å². The maximum absolute atomic E-state index is 6.08. The number of hydrogen-bond donors (Lipinski definition) is 0. The molecule has 0 radical (unpaired) electrons. The van der Waals surface area contributed by atoms with Crippen LogP contribution in [0.15, 0.2) is 66.9 Å². The summed E-state index contributed by atoms with van der Waals surface area (Å²) in [7, 11) is 1.93. The highest BCUT2D eigenvalue weighted by atomic mass is 35.5. The fourth-order valence-corrected chi connectivity index (χ4v) is 3.18. The Kier molecular flexibility index (Phi) is 6.02. The molecule has 4 rings (SSSR count). The first-order chi connectivity index (χ1) is 14.7. The average Bonchev–Trinajstić information content (AvgIpc) is 3.22. The maximum Gasteiger partial charge on any atom is 0.230 e. The zero-order chi connectivity index (χ0) is 20.9. The fraction of sp³-hybridized carbons (Fsp3) is 0.182. The van der Waals surface area contributed by atoms with Gasteiger partial charge >= 0.3 is 0 Å². The van der Waals surface area contributed by atoms with E-state index in [2.05, 4.69) is 15.3 Å². The zero-order valence-corrected chi connectivity index (χ0v) is 17.5. The normalized spacial score (nSPS) is 10.9. The number of ether oxygens (including phenoxy) is 1. The van der Waals surface area contributed by atoms with Gasteiger partial charge in [0.05, 0.1) is 5.69 Å². The molecule has 0 spiro atoms. The van der Waals surface area contributed by atoms with Crippen molar-refractivity contribution in [1.82, 2.24) is 25.0 Å². The lowest BCUT2D eigenvalue weighted by Crippen LogP contribution is -2.13. The summed E-state index contributed by atoms with van der Waals surface area (Å²) in [6.07, 6.45) is 1.73. The minimum Gasteiger partial charge on any atom is -0.359 e. The quantitative estimate of drug-likeness (QED) is 0.427. The van der Waals surface area contributed by atoms with E-state index in [1.807, 2.05) is 79.5 Å². The van der Waals surface area contributed by atoms with Crippen LogP contribution in [-0.4, -0.2) is 38.6 Å². The molecule has 0 unspecified atom stereocenters. The predicted octanol–water partition coefficient (Wildman–Crippen LogP) is 4.82. The second kappa shape index (κ2) is 9.02. The monoisotopic (exact) mass is 420 g/mol. The molecular weight excluding hydrogens is 400 g/mol. The molecule has 0 aliphatic heterocycles. The third kappa shape index (κ3) is 4.17. The van der Waals surface area contributed by atoms with Gasteiger partial charge < -0.3 is 9.64 Å². The van der Waals surface area contributed by atoms with Gasteiger partial charge in [-0.15, -0.1) is 5.10 Å². The van der Waals surface area contributed by atoms with Crippen molar-refractivity contribution in [3.63, 3.8) is 0 Å². The van der Waals surface area contributed by atoms with E-state index in [0.29, 0.717) is 35.7 Å². The van der Waals surface area contributed by atoms with Gasteiger partial charge in [-0.1, -0.05) is 47.1 Å². The van der Waals surface area contributed by atoms with Crippen LogP contribution in [0.5, 0.6) is 0 Å². The summed E-state index contributed by atoms with van der Waals surface area (Å²) < 4.78 is 7.29. The molecule has 0 bridgehead atoms. The van der Waals surface area contributed by atoms with Gasteiger partial charge in [0.2, 0.25) is 5.95 Å². The Morgan fingerprint density at radius 2 is 1.80 bits per heavy atom. The highest BCUT2D eigenvalue weighted by Crippen LogP contribution is 2.31. The molecule has 2 aromatic heterocycles. The number of rotatable bonds is 7. The highest BCUT2D eigenvalue weighted by Gasteiger charge is 2.19. The molecular formula is C22H21ClN6O. The Morgan fingerprint density at radius 1 is 1.03 bits per heavy atom. The minimum atomic E-state index is 0.295. The van der Waals surface area contributed by atoms with Gasteiger partial charge in [0.1, 0.15) is 18.1 Å². The Balaban J connectivity index is 1.77. The average molecular weight is 421 g/mol. The lowest BCUT2D eigenvalue weighted by molar-refractivity contribution is 0.0790. The van der Waals surface area contributed by atoms with Crippen molar-refractivity contribution in [2.24, 2.45) is 0 Å². The first-order valence-electron chi connectivity index (χ1n) is 9.56. The van der Waals surface area contributed by atoms with E-state index in [1.165, 1.54) is 0 Å². The van der Waals surface area contributed by atoms with Crippen LogP contribution >= 0.6 is 11.6 Å². The topological polar surface area (TPSA) is 69.0 Å². The van der Waals surface area contributed by atoms with Crippen molar-refractivity contribution in [3.8, 4) is 22.6 Å². The Labute approximate surface area is 179 Å². The summed E-state index contributed by atoms with van der Waals surface area (Å²) in [5.74, 6) is 0.570. The number of benzene rings is 2. The Hall–Kier alpha value is -3.29. The van der Waals surface area contributed by atoms with Crippen molar-refractivity contribution in [3.05, 3.63) is 71.9 Å². The van der Waals surface area contributed by atoms with Crippen molar-refractivity contribution >= 4 is 23.2 Å². The molecule has 0 amide bonds. The summed E-state index contributed by atoms with van der Waals surface area (Å²) in [5, 5.41) is 9.36. The van der Waals surface area contributed by atoms with Crippen molar-refractivity contribution < 1.29 is 4.74 Å². The van der Waals surface area contributed by atoms with E-state index in [1.54, 1.807) is 10.9 Å². The first kappa shape index (κ1) is 20.0. The molecule has 30 heavy (non-hydrogen) atoms. The molecule has 152 valence electrons. The lowest BCUT2D eigenvalue weighted by Gasteiger charge is -2.17. The second-order valence-electron chi connectivity index (χ2n) is 6.55. The van der Waals surface area contributed by atoms with Crippen LogP contribution in [0.3, 0.4) is 0 Å². The molecule has 4 aromatic rings. The summed E-state index contributed by atoms with van der Waals surface area (Å²) in [5.41, 5.74) is 4.06. The van der Waals surface area contributed by atoms with Crippen molar-refractivity contribution in [2.75, 3.05) is 18.6 Å². The van der Waals surface area contributed by atoms with Gasteiger partial charge in [0, 0.05) is 36.1 Å². The number of halogens is 1. The molecule has 2 aromatic carbocycles. The number of hydrogen-bond acceptors (Lipinski definition) is 6. The van der Waals surface area contributed by atoms with Crippen LogP contribution in [0, 0.1) is 0 Å². The molecule has 7 nitrogen and oxygen atoms in total. The van der Waals surface area contributed by atoms with Crippen LogP contribution in [0.4, 0.5) is 11.6 Å². The van der Waals surface area contributed by atoms with Gasteiger partial charge in [0.25, 0.3) is 0 Å². The zero-order valence-electron chi connectivity index (χ0n) is 16.7. The molecule has 8 heteroatoms. The van der Waals surface area contributed by atoms with Crippen LogP contribution in [0.1, 0.15) is 6.92 Å². The van der Waals surface area contributed by atoms with E-state index in [-0.39, 0.29) is 0 Å². The van der Waals surface area contributed by atoms with E-state index >= 15 is 0 Å². The summed E-state index contributed by atoms with van der Waals surface area (Å²) in [6.45, 7) is 2.81. The van der Waals surface area contributed by atoms with Crippen molar-refractivity contribution in [2.45, 2.75) is 13.7 Å². The van der Waals surface area contributed by atoms with Gasteiger partial charge in [-0.05, 0) is 37.3 Å². The fourth-order valence-electron chi connectivity index (χ4n) is 3.06. The minimum absolute atomic E-state index is 0.295. The van der Waals surface area contributed by atoms with E-state index in [0.717, 1.165) is 16.9 Å².